The Morgan fingerprint density at radius 2 is 1.70 bits per heavy atom. The van der Waals surface area contributed by atoms with Gasteiger partial charge in [0.05, 0.1) is 12.6 Å². The van der Waals surface area contributed by atoms with Crippen LogP contribution in [0.25, 0.3) is 22.2 Å². The van der Waals surface area contributed by atoms with Crippen molar-refractivity contribution in [2.24, 2.45) is 0 Å². The molecule has 37 heavy (non-hydrogen) atoms. The van der Waals surface area contributed by atoms with Gasteiger partial charge >= 0.3 is 0 Å². The molecule has 0 saturated heterocycles. The SMILES string of the molecule is CCN(CC)CCN(C)Cc1ccc(Nc2nnc3cc(-c4cc(OC)ccc4Cl)cc(C)c3n2)cc1. The molecule has 4 aromatic rings. The number of aromatic nitrogens is 3. The molecule has 0 aliphatic heterocycles. The Bertz CT molecular complexity index is 1340. The van der Waals surface area contributed by atoms with Crippen molar-refractivity contribution in [2.45, 2.75) is 27.3 Å². The van der Waals surface area contributed by atoms with Crippen molar-refractivity contribution in [3.8, 4) is 16.9 Å². The number of fused-ring (bicyclic) bond motifs is 1. The molecule has 0 amide bonds. The molecule has 0 unspecified atom stereocenters. The highest BCUT2D eigenvalue weighted by molar-refractivity contribution is 6.33. The van der Waals surface area contributed by atoms with Crippen molar-refractivity contribution in [1.29, 1.82) is 0 Å². The predicted octanol–water partition coefficient (Wildman–Crippen LogP) is 6.18. The Labute approximate surface area is 224 Å². The van der Waals surface area contributed by atoms with E-state index >= 15 is 0 Å². The zero-order chi connectivity index (χ0) is 26.4. The normalized spacial score (nSPS) is 11.5. The number of benzene rings is 3. The van der Waals surface area contributed by atoms with E-state index in [9.17, 15) is 0 Å². The van der Waals surface area contributed by atoms with Gasteiger partial charge in [-0.3, -0.25) is 0 Å². The van der Waals surface area contributed by atoms with Gasteiger partial charge in [-0.05, 0) is 86.2 Å². The molecule has 4 rings (SSSR count). The molecule has 8 heteroatoms. The average Bonchev–Trinajstić information content (AvgIpc) is 2.91. The Morgan fingerprint density at radius 1 is 0.946 bits per heavy atom. The molecule has 0 atom stereocenters. The van der Waals surface area contributed by atoms with Crippen LogP contribution in [0.3, 0.4) is 0 Å². The summed E-state index contributed by atoms with van der Waals surface area (Å²) in [5, 5.41) is 12.7. The molecule has 1 aromatic heterocycles. The first-order valence-corrected chi connectivity index (χ1v) is 13.0. The van der Waals surface area contributed by atoms with Crippen LogP contribution in [-0.2, 0) is 6.54 Å². The van der Waals surface area contributed by atoms with E-state index in [0.717, 1.165) is 66.4 Å². The molecule has 0 aliphatic rings. The largest absolute Gasteiger partial charge is 0.497 e. The minimum Gasteiger partial charge on any atom is -0.497 e. The van der Waals surface area contributed by atoms with E-state index in [2.05, 4.69) is 76.5 Å². The van der Waals surface area contributed by atoms with Crippen LogP contribution in [0.1, 0.15) is 25.0 Å². The first-order valence-electron chi connectivity index (χ1n) is 12.7. The molecule has 0 spiro atoms. The summed E-state index contributed by atoms with van der Waals surface area (Å²) < 4.78 is 5.36. The van der Waals surface area contributed by atoms with Gasteiger partial charge in [0.25, 0.3) is 0 Å². The maximum Gasteiger partial charge on any atom is 0.247 e. The maximum absolute atomic E-state index is 6.46. The highest BCUT2D eigenvalue weighted by Crippen LogP contribution is 2.34. The van der Waals surface area contributed by atoms with Gasteiger partial charge in [-0.15, -0.1) is 10.2 Å². The number of hydrogen-bond donors (Lipinski definition) is 1. The number of halogens is 1. The standard InChI is InChI=1S/C29H35ClN6O/c1-6-36(7-2)15-14-35(4)19-21-8-10-23(11-9-21)31-29-32-28-20(3)16-22(17-27(28)33-34-29)25-18-24(37-5)12-13-26(25)30/h8-13,16-18H,6-7,14-15,19H2,1-5H3,(H,31,32,34). The Kier molecular flexibility index (Phi) is 8.92. The van der Waals surface area contributed by atoms with Gasteiger partial charge < -0.3 is 19.9 Å². The average molecular weight is 519 g/mol. The summed E-state index contributed by atoms with van der Waals surface area (Å²) in [5.41, 5.74) is 6.52. The summed E-state index contributed by atoms with van der Waals surface area (Å²) in [6.07, 6.45) is 0. The van der Waals surface area contributed by atoms with Gasteiger partial charge in [0.15, 0.2) is 0 Å². The molecule has 0 fully saturated rings. The summed E-state index contributed by atoms with van der Waals surface area (Å²) in [7, 11) is 3.81. The van der Waals surface area contributed by atoms with E-state index in [0.29, 0.717) is 16.5 Å². The maximum atomic E-state index is 6.46. The zero-order valence-corrected chi connectivity index (χ0v) is 23.0. The van der Waals surface area contributed by atoms with Crippen LogP contribution in [0.2, 0.25) is 5.02 Å². The van der Waals surface area contributed by atoms with Crippen LogP contribution in [0, 0.1) is 6.92 Å². The summed E-state index contributed by atoms with van der Waals surface area (Å²) in [4.78, 5) is 9.53. The minimum absolute atomic E-state index is 0.465. The van der Waals surface area contributed by atoms with Crippen molar-refractivity contribution < 1.29 is 4.74 Å². The Balaban J connectivity index is 1.45. The predicted molar refractivity (Wildman–Crippen MR) is 153 cm³/mol. The molecular formula is C29H35ClN6O. The number of nitrogens with one attached hydrogen (secondary N) is 1. The van der Waals surface area contributed by atoms with Crippen LogP contribution in [0.15, 0.2) is 54.6 Å². The first kappa shape index (κ1) is 26.8. The Hall–Kier alpha value is -3.26. The second-order valence-corrected chi connectivity index (χ2v) is 9.64. The van der Waals surface area contributed by atoms with E-state index in [1.165, 1.54) is 5.56 Å². The fourth-order valence-corrected chi connectivity index (χ4v) is 4.57. The third-order valence-electron chi connectivity index (χ3n) is 6.59. The molecule has 0 bridgehead atoms. The number of likely N-dealkylation sites (N-methyl/N-ethyl adjacent to an activating group) is 2. The number of hydrogen-bond acceptors (Lipinski definition) is 7. The van der Waals surface area contributed by atoms with Crippen LogP contribution < -0.4 is 10.1 Å². The second kappa shape index (κ2) is 12.3. The molecule has 0 aliphatic carbocycles. The van der Waals surface area contributed by atoms with Crippen molar-refractivity contribution in [3.63, 3.8) is 0 Å². The highest BCUT2D eigenvalue weighted by Gasteiger charge is 2.12. The summed E-state index contributed by atoms with van der Waals surface area (Å²) in [6, 6.07) is 18.0. The molecular weight excluding hydrogens is 484 g/mol. The van der Waals surface area contributed by atoms with E-state index in [1.54, 1.807) is 7.11 Å². The van der Waals surface area contributed by atoms with Gasteiger partial charge in [-0.1, -0.05) is 37.6 Å². The number of nitrogens with zero attached hydrogens (tertiary/aromatic N) is 5. The molecule has 0 saturated carbocycles. The number of ether oxygens (including phenoxy) is 1. The zero-order valence-electron chi connectivity index (χ0n) is 22.3. The van der Waals surface area contributed by atoms with Crippen LogP contribution in [0.5, 0.6) is 5.75 Å². The molecule has 3 aromatic carbocycles. The molecule has 7 nitrogen and oxygen atoms in total. The van der Waals surface area contributed by atoms with Crippen molar-refractivity contribution >= 4 is 34.3 Å². The van der Waals surface area contributed by atoms with Crippen LogP contribution in [-0.4, -0.2) is 65.3 Å². The van der Waals surface area contributed by atoms with E-state index in [-0.39, 0.29) is 0 Å². The molecule has 194 valence electrons. The van der Waals surface area contributed by atoms with E-state index in [4.69, 9.17) is 21.3 Å². The lowest BCUT2D eigenvalue weighted by atomic mass is 10.0. The van der Waals surface area contributed by atoms with Crippen LogP contribution in [0.4, 0.5) is 11.6 Å². The molecule has 0 radical (unpaired) electrons. The van der Waals surface area contributed by atoms with Crippen molar-refractivity contribution in [2.75, 3.05) is 45.7 Å². The smallest absolute Gasteiger partial charge is 0.247 e. The van der Waals surface area contributed by atoms with Gasteiger partial charge in [-0.25, -0.2) is 4.98 Å². The highest BCUT2D eigenvalue weighted by atomic mass is 35.5. The molecule has 1 N–H and O–H groups in total. The lowest BCUT2D eigenvalue weighted by Crippen LogP contribution is -2.32. The second-order valence-electron chi connectivity index (χ2n) is 9.23. The molecule has 1 heterocycles. The van der Waals surface area contributed by atoms with E-state index < -0.39 is 0 Å². The monoisotopic (exact) mass is 518 g/mol. The first-order chi connectivity index (χ1) is 17.9. The van der Waals surface area contributed by atoms with Crippen molar-refractivity contribution in [1.82, 2.24) is 25.0 Å². The Morgan fingerprint density at radius 3 is 2.41 bits per heavy atom. The van der Waals surface area contributed by atoms with Gasteiger partial charge in [-0.2, -0.15) is 0 Å². The number of aryl methyl sites for hydroxylation is 1. The lowest BCUT2D eigenvalue weighted by Gasteiger charge is -2.23. The third kappa shape index (κ3) is 6.74. The number of methoxy groups -OCH3 is 1. The number of anilines is 2. The fourth-order valence-electron chi connectivity index (χ4n) is 4.34. The summed E-state index contributed by atoms with van der Waals surface area (Å²) in [6.45, 7) is 11.7. The minimum atomic E-state index is 0.465. The quantitative estimate of drug-likeness (QED) is 0.254. The lowest BCUT2D eigenvalue weighted by molar-refractivity contribution is 0.236. The van der Waals surface area contributed by atoms with Gasteiger partial charge in [0, 0.05) is 35.9 Å². The van der Waals surface area contributed by atoms with Gasteiger partial charge in [0.2, 0.25) is 5.95 Å². The van der Waals surface area contributed by atoms with E-state index in [1.807, 2.05) is 31.2 Å². The third-order valence-corrected chi connectivity index (χ3v) is 6.92. The topological polar surface area (TPSA) is 66.4 Å². The number of rotatable bonds is 11. The van der Waals surface area contributed by atoms with Crippen molar-refractivity contribution in [3.05, 3.63) is 70.7 Å². The summed E-state index contributed by atoms with van der Waals surface area (Å²) >= 11 is 6.46. The summed E-state index contributed by atoms with van der Waals surface area (Å²) in [5.74, 6) is 1.21. The fraction of sp³-hybridized carbons (Fsp3) is 0.345. The van der Waals surface area contributed by atoms with Crippen LogP contribution >= 0.6 is 11.6 Å². The van der Waals surface area contributed by atoms with Gasteiger partial charge in [0.1, 0.15) is 11.3 Å².